The maximum Gasteiger partial charge on any atom is 0.286 e. The van der Waals surface area contributed by atoms with Crippen LogP contribution in [0.4, 0.5) is 0 Å². The molecule has 2 aromatic rings. The molecule has 7 nitrogen and oxygen atoms in total. The average Bonchev–Trinajstić information content (AvgIpc) is 3.05. The van der Waals surface area contributed by atoms with Gasteiger partial charge in [0.25, 0.3) is 5.91 Å². The maximum absolute atomic E-state index is 11.6. The number of rotatable bonds is 7. The molecule has 23 heavy (non-hydrogen) atoms. The lowest BCUT2D eigenvalue weighted by atomic mass is 10.1. The summed E-state index contributed by atoms with van der Waals surface area (Å²) in [5.41, 5.74) is 0.798. The molecule has 0 spiro atoms. The summed E-state index contributed by atoms with van der Waals surface area (Å²) >= 11 is 0. The number of carbonyl (C=O) groups excluding carboxylic acids is 2. The molecule has 0 saturated carbocycles. The first-order valence-electron chi connectivity index (χ1n) is 7.15. The second-order valence-corrected chi connectivity index (χ2v) is 4.91. The first-order chi connectivity index (χ1) is 11.1. The van der Waals surface area contributed by atoms with Crippen LogP contribution in [0.2, 0.25) is 0 Å². The van der Waals surface area contributed by atoms with Crippen molar-refractivity contribution in [2.75, 3.05) is 13.1 Å². The van der Waals surface area contributed by atoms with Gasteiger partial charge in [-0.1, -0.05) is 6.07 Å². The van der Waals surface area contributed by atoms with Crippen molar-refractivity contribution in [3.8, 4) is 11.5 Å². The van der Waals surface area contributed by atoms with Crippen molar-refractivity contribution in [2.45, 2.75) is 12.8 Å². The summed E-state index contributed by atoms with van der Waals surface area (Å²) in [5.74, 6) is -0.702. The lowest BCUT2D eigenvalue weighted by molar-refractivity contribution is -0.120. The van der Waals surface area contributed by atoms with Crippen LogP contribution in [0.5, 0.6) is 11.5 Å². The first-order valence-corrected chi connectivity index (χ1v) is 7.15. The molecule has 0 unspecified atom stereocenters. The molecule has 0 aliphatic rings. The van der Waals surface area contributed by atoms with Gasteiger partial charge in [0.1, 0.15) is 0 Å². The van der Waals surface area contributed by atoms with E-state index in [1.807, 2.05) is 0 Å². The molecular weight excluding hydrogens is 300 g/mol. The normalized spacial score (nSPS) is 10.3. The Labute approximate surface area is 132 Å². The van der Waals surface area contributed by atoms with E-state index in [9.17, 15) is 19.8 Å². The van der Waals surface area contributed by atoms with Crippen molar-refractivity contribution in [1.82, 2.24) is 10.6 Å². The third kappa shape index (κ3) is 5.06. The fourth-order valence-corrected chi connectivity index (χ4v) is 1.94. The summed E-state index contributed by atoms with van der Waals surface area (Å²) < 4.78 is 4.93. The molecule has 7 heteroatoms. The molecule has 1 heterocycles. The second kappa shape index (κ2) is 7.88. The van der Waals surface area contributed by atoms with Crippen LogP contribution in [0.1, 0.15) is 22.5 Å². The summed E-state index contributed by atoms with van der Waals surface area (Å²) in [5, 5.41) is 23.9. The van der Waals surface area contributed by atoms with Crippen LogP contribution in [0.3, 0.4) is 0 Å². The molecule has 0 aliphatic carbocycles. The quantitative estimate of drug-likeness (QED) is 0.573. The highest BCUT2D eigenvalue weighted by Gasteiger charge is 2.08. The monoisotopic (exact) mass is 318 g/mol. The van der Waals surface area contributed by atoms with E-state index in [0.717, 1.165) is 5.56 Å². The molecule has 0 atom stereocenters. The van der Waals surface area contributed by atoms with Crippen molar-refractivity contribution in [2.24, 2.45) is 0 Å². The summed E-state index contributed by atoms with van der Waals surface area (Å²) in [6.07, 6.45) is 2.09. The van der Waals surface area contributed by atoms with Crippen molar-refractivity contribution in [3.05, 3.63) is 47.9 Å². The molecule has 0 aliphatic heterocycles. The molecular formula is C16H18N2O5. The molecule has 2 rings (SSSR count). The smallest absolute Gasteiger partial charge is 0.286 e. The Morgan fingerprint density at radius 1 is 1.04 bits per heavy atom. The Balaban J connectivity index is 1.63. The Hall–Kier alpha value is -2.96. The van der Waals surface area contributed by atoms with E-state index in [-0.39, 0.29) is 42.0 Å². The lowest BCUT2D eigenvalue weighted by Crippen LogP contribution is -2.31. The Morgan fingerprint density at radius 2 is 1.87 bits per heavy atom. The van der Waals surface area contributed by atoms with Crippen LogP contribution < -0.4 is 10.6 Å². The van der Waals surface area contributed by atoms with Crippen LogP contribution >= 0.6 is 0 Å². The van der Waals surface area contributed by atoms with Crippen LogP contribution in [0.25, 0.3) is 0 Å². The van der Waals surface area contributed by atoms with Crippen LogP contribution in [0, 0.1) is 0 Å². The highest BCUT2D eigenvalue weighted by molar-refractivity contribution is 5.91. The van der Waals surface area contributed by atoms with Crippen LogP contribution in [-0.2, 0) is 11.2 Å². The molecule has 0 bridgehead atoms. The molecule has 1 aromatic heterocycles. The summed E-state index contributed by atoms with van der Waals surface area (Å²) in [6, 6.07) is 7.68. The molecule has 0 radical (unpaired) electrons. The van der Waals surface area contributed by atoms with E-state index >= 15 is 0 Å². The van der Waals surface area contributed by atoms with E-state index in [2.05, 4.69) is 10.6 Å². The van der Waals surface area contributed by atoms with Crippen molar-refractivity contribution >= 4 is 11.8 Å². The molecule has 0 saturated heterocycles. The molecule has 1 aromatic carbocycles. The number of furan rings is 1. The summed E-state index contributed by atoms with van der Waals surface area (Å²) in [6.45, 7) is 0.612. The van der Waals surface area contributed by atoms with Crippen molar-refractivity contribution in [1.29, 1.82) is 0 Å². The molecule has 122 valence electrons. The largest absolute Gasteiger partial charge is 0.504 e. The Bertz CT molecular complexity index is 667. The van der Waals surface area contributed by atoms with E-state index in [1.165, 1.54) is 18.4 Å². The average molecular weight is 318 g/mol. The standard InChI is InChI=1S/C16H18N2O5/c19-12-4-3-11(10-13(12)20)5-7-17-15(21)6-8-18-16(22)14-2-1-9-23-14/h1-4,9-10,19-20H,5-8H2,(H,17,21)(H,18,22). The maximum atomic E-state index is 11.6. The zero-order valence-corrected chi connectivity index (χ0v) is 12.4. The van der Waals surface area contributed by atoms with Gasteiger partial charge in [-0.25, -0.2) is 0 Å². The van der Waals surface area contributed by atoms with Crippen LogP contribution in [0.15, 0.2) is 41.0 Å². The SMILES string of the molecule is O=C(CCNC(=O)c1ccco1)NCCc1ccc(O)c(O)c1. The predicted molar refractivity (Wildman–Crippen MR) is 82.1 cm³/mol. The van der Waals surface area contributed by atoms with Gasteiger partial charge in [-0.3, -0.25) is 9.59 Å². The van der Waals surface area contributed by atoms with Gasteiger partial charge in [0.05, 0.1) is 6.26 Å². The first kappa shape index (κ1) is 16.4. The minimum atomic E-state index is -0.359. The minimum absolute atomic E-state index is 0.160. The zero-order chi connectivity index (χ0) is 16.7. The highest BCUT2D eigenvalue weighted by atomic mass is 16.3. The number of amides is 2. The number of nitrogens with one attached hydrogen (secondary N) is 2. The predicted octanol–water partition coefficient (Wildman–Crippen LogP) is 1.17. The highest BCUT2D eigenvalue weighted by Crippen LogP contribution is 2.24. The summed E-state index contributed by atoms with van der Waals surface area (Å²) in [4.78, 5) is 23.2. The second-order valence-electron chi connectivity index (χ2n) is 4.91. The van der Waals surface area contributed by atoms with E-state index in [0.29, 0.717) is 13.0 Å². The van der Waals surface area contributed by atoms with Gasteiger partial charge >= 0.3 is 0 Å². The van der Waals surface area contributed by atoms with Gasteiger partial charge in [0, 0.05) is 19.5 Å². The van der Waals surface area contributed by atoms with Gasteiger partial charge in [-0.15, -0.1) is 0 Å². The van der Waals surface area contributed by atoms with E-state index in [1.54, 1.807) is 18.2 Å². The Morgan fingerprint density at radius 3 is 2.57 bits per heavy atom. The lowest BCUT2D eigenvalue weighted by Gasteiger charge is -2.07. The van der Waals surface area contributed by atoms with Gasteiger partial charge in [0.15, 0.2) is 17.3 Å². The van der Waals surface area contributed by atoms with Crippen molar-refractivity contribution in [3.63, 3.8) is 0 Å². The topological polar surface area (TPSA) is 112 Å². The number of phenols is 2. The number of carbonyl (C=O) groups is 2. The Kier molecular flexibility index (Phi) is 5.62. The fourth-order valence-electron chi connectivity index (χ4n) is 1.94. The fraction of sp³-hybridized carbons (Fsp3) is 0.250. The van der Waals surface area contributed by atoms with Gasteiger partial charge < -0.3 is 25.3 Å². The third-order valence-electron chi connectivity index (χ3n) is 3.16. The number of hydrogen-bond acceptors (Lipinski definition) is 5. The third-order valence-corrected chi connectivity index (χ3v) is 3.16. The van der Waals surface area contributed by atoms with Gasteiger partial charge in [0.2, 0.25) is 5.91 Å². The zero-order valence-electron chi connectivity index (χ0n) is 12.4. The van der Waals surface area contributed by atoms with Gasteiger partial charge in [-0.05, 0) is 36.2 Å². The van der Waals surface area contributed by atoms with Crippen LogP contribution in [-0.4, -0.2) is 35.1 Å². The molecule has 2 amide bonds. The number of hydrogen-bond donors (Lipinski definition) is 4. The van der Waals surface area contributed by atoms with E-state index < -0.39 is 0 Å². The van der Waals surface area contributed by atoms with Crippen molar-refractivity contribution < 1.29 is 24.2 Å². The molecule has 0 fully saturated rings. The van der Waals surface area contributed by atoms with E-state index in [4.69, 9.17) is 4.42 Å². The minimum Gasteiger partial charge on any atom is -0.504 e. The summed E-state index contributed by atoms with van der Waals surface area (Å²) in [7, 11) is 0. The number of benzene rings is 1. The number of aromatic hydroxyl groups is 2. The molecule has 4 N–H and O–H groups in total. The van der Waals surface area contributed by atoms with Gasteiger partial charge in [-0.2, -0.15) is 0 Å². The number of phenolic OH excluding ortho intramolecular Hbond substituents is 2.